The Morgan fingerprint density at radius 1 is 1.09 bits per heavy atom. The number of ether oxygens (including phenoxy) is 2. The summed E-state index contributed by atoms with van der Waals surface area (Å²) < 4.78 is 93.9. The fourth-order valence-electron chi connectivity index (χ4n) is 2.74. The number of halogens is 6. The van der Waals surface area contributed by atoms with Crippen LogP contribution in [0.2, 0.25) is 18.1 Å². The molecule has 0 aromatic heterocycles. The largest absolute Gasteiger partial charge is 0.471 e. The van der Waals surface area contributed by atoms with Crippen molar-refractivity contribution >= 4 is 20.1 Å². The van der Waals surface area contributed by atoms with E-state index in [0.29, 0.717) is 0 Å². The Morgan fingerprint density at radius 2 is 1.64 bits per heavy atom. The first kappa shape index (κ1) is 29.4. The van der Waals surface area contributed by atoms with Gasteiger partial charge in [-0.2, -0.15) is 26.3 Å². The molecular weight excluding hydrogens is 478 g/mol. The molecule has 0 aromatic carbocycles. The van der Waals surface area contributed by atoms with E-state index in [-0.39, 0.29) is 13.0 Å². The summed E-state index contributed by atoms with van der Waals surface area (Å²) in [7, 11) is -2.72. The van der Waals surface area contributed by atoms with E-state index in [1.54, 1.807) is 18.4 Å². The third-order valence-corrected chi connectivity index (χ3v) is 9.94. The molecule has 1 heterocycles. The highest BCUT2D eigenvalue weighted by Crippen LogP contribution is 2.39. The maximum absolute atomic E-state index is 12.9. The summed E-state index contributed by atoms with van der Waals surface area (Å²) in [4.78, 5) is 23.0. The van der Waals surface area contributed by atoms with Gasteiger partial charge in [0.15, 0.2) is 14.6 Å². The first-order chi connectivity index (χ1) is 14.8. The van der Waals surface area contributed by atoms with E-state index in [1.807, 2.05) is 26.1 Å². The quantitative estimate of drug-likeness (QED) is 0.298. The zero-order valence-electron chi connectivity index (χ0n) is 19.0. The smallest absolute Gasteiger partial charge is 0.409 e. The van der Waals surface area contributed by atoms with Gasteiger partial charge in [0.1, 0.15) is 6.10 Å². The zero-order chi connectivity index (χ0) is 25.8. The van der Waals surface area contributed by atoms with Crippen LogP contribution in [-0.4, -0.2) is 70.2 Å². The number of hydrogen-bond acceptors (Lipinski definition) is 5. The fraction of sp³-hybridized carbons (Fsp3) is 0.789. The van der Waals surface area contributed by atoms with Gasteiger partial charge in [0, 0.05) is 13.0 Å². The van der Waals surface area contributed by atoms with Gasteiger partial charge in [0.25, 0.3) is 0 Å². The minimum atomic E-state index is -5.20. The molecule has 1 aliphatic rings. The molecule has 0 saturated carbocycles. The van der Waals surface area contributed by atoms with Crippen molar-refractivity contribution in [1.82, 2.24) is 10.6 Å². The number of carbonyl (C=O) groups is 2. The van der Waals surface area contributed by atoms with Crippen LogP contribution in [0.3, 0.4) is 0 Å². The minimum Gasteiger partial charge on any atom is -0.409 e. The van der Waals surface area contributed by atoms with E-state index in [2.05, 4.69) is 6.58 Å². The highest BCUT2D eigenvalue weighted by Gasteiger charge is 2.50. The van der Waals surface area contributed by atoms with Crippen molar-refractivity contribution in [3.05, 3.63) is 12.7 Å². The van der Waals surface area contributed by atoms with E-state index in [0.717, 1.165) is 0 Å². The summed E-state index contributed by atoms with van der Waals surface area (Å²) in [5.74, 6) is -4.49. The fourth-order valence-corrected chi connectivity index (χ4v) is 4.09. The molecule has 0 bridgehead atoms. The third-order valence-electron chi connectivity index (χ3n) is 5.47. The monoisotopic (exact) mass is 508 g/mol. The third kappa shape index (κ3) is 8.57. The Hall–Kier alpha value is -1.64. The molecule has 1 aliphatic heterocycles. The summed E-state index contributed by atoms with van der Waals surface area (Å²) in [5, 5.41) is 3.08. The second kappa shape index (κ2) is 10.7. The van der Waals surface area contributed by atoms with Crippen LogP contribution in [0.15, 0.2) is 12.7 Å². The van der Waals surface area contributed by atoms with Crippen molar-refractivity contribution in [1.29, 1.82) is 0 Å². The minimum absolute atomic E-state index is 0.0695. The van der Waals surface area contributed by atoms with Crippen LogP contribution in [0, 0.1) is 0 Å². The Balaban J connectivity index is 3.30. The summed E-state index contributed by atoms with van der Waals surface area (Å²) in [6, 6.07) is -1.32. The lowest BCUT2D eigenvalue weighted by Crippen LogP contribution is -2.64. The van der Waals surface area contributed by atoms with Crippen LogP contribution in [-0.2, 0) is 23.5 Å². The Bertz CT molecular complexity index is 708. The summed E-state index contributed by atoms with van der Waals surface area (Å²) in [6.45, 7) is 11.7. The summed E-state index contributed by atoms with van der Waals surface area (Å²) >= 11 is 0. The molecule has 0 spiro atoms. The van der Waals surface area contributed by atoms with Crippen molar-refractivity contribution in [3.8, 4) is 0 Å². The Labute approximate surface area is 189 Å². The maximum Gasteiger partial charge on any atom is 0.471 e. The van der Waals surface area contributed by atoms with Gasteiger partial charge in [-0.1, -0.05) is 26.8 Å². The van der Waals surface area contributed by atoms with Gasteiger partial charge in [-0.15, -0.1) is 6.58 Å². The van der Waals surface area contributed by atoms with E-state index >= 15 is 0 Å². The van der Waals surface area contributed by atoms with Crippen LogP contribution in [0.1, 0.15) is 27.2 Å². The van der Waals surface area contributed by atoms with Crippen LogP contribution < -0.4 is 10.6 Å². The molecule has 2 amide bonds. The Morgan fingerprint density at radius 3 is 2.09 bits per heavy atom. The van der Waals surface area contributed by atoms with Gasteiger partial charge in [-0.3, -0.25) is 9.59 Å². The van der Waals surface area contributed by atoms with E-state index < -0.39 is 68.6 Å². The van der Waals surface area contributed by atoms with Gasteiger partial charge in [0.05, 0.1) is 18.8 Å². The average molecular weight is 509 g/mol. The second-order valence-electron chi connectivity index (χ2n) is 9.09. The van der Waals surface area contributed by atoms with Crippen molar-refractivity contribution in [2.24, 2.45) is 0 Å². The van der Waals surface area contributed by atoms with Gasteiger partial charge < -0.3 is 24.5 Å². The summed E-state index contributed by atoms with van der Waals surface area (Å²) in [5.41, 5.74) is 0. The van der Waals surface area contributed by atoms with E-state index in [1.165, 1.54) is 6.08 Å². The highest BCUT2D eigenvalue weighted by molar-refractivity contribution is 6.74. The molecule has 14 heteroatoms. The second-order valence-corrected chi connectivity index (χ2v) is 13.8. The first-order valence-corrected chi connectivity index (χ1v) is 13.0. The van der Waals surface area contributed by atoms with Crippen LogP contribution in [0.5, 0.6) is 0 Å². The van der Waals surface area contributed by atoms with Gasteiger partial charge >= 0.3 is 24.2 Å². The topological polar surface area (TPSA) is 85.9 Å². The van der Waals surface area contributed by atoms with Crippen LogP contribution in [0.25, 0.3) is 0 Å². The lowest BCUT2D eigenvalue weighted by atomic mass is 9.98. The molecule has 1 fully saturated rings. The lowest BCUT2D eigenvalue weighted by molar-refractivity contribution is -0.225. The molecule has 0 radical (unpaired) electrons. The molecule has 0 aromatic rings. The van der Waals surface area contributed by atoms with Crippen molar-refractivity contribution < 1.29 is 49.8 Å². The molecule has 1 rings (SSSR count). The number of rotatable bonds is 8. The first-order valence-electron chi connectivity index (χ1n) is 10.1. The van der Waals surface area contributed by atoms with Gasteiger partial charge in [-0.25, -0.2) is 0 Å². The highest BCUT2D eigenvalue weighted by atomic mass is 28.4. The maximum atomic E-state index is 12.9. The molecule has 4 atom stereocenters. The predicted octanol–water partition coefficient (Wildman–Crippen LogP) is 3.42. The van der Waals surface area contributed by atoms with Crippen molar-refractivity contribution in [2.75, 3.05) is 13.2 Å². The van der Waals surface area contributed by atoms with Gasteiger partial charge in [0.2, 0.25) is 0 Å². The molecule has 0 unspecified atom stereocenters. The Kier molecular flexibility index (Phi) is 9.56. The number of hydrogen-bond donors (Lipinski definition) is 2. The molecule has 2 N–H and O–H groups in total. The SMILES string of the molecule is C=CCO[C@@H]1C[C@@H](NC(=O)C(F)(F)F)[C@H](O[Si](C)(C)C(C)(C)C)[C@@H](CNC(=O)C(F)(F)F)O1. The number of carbonyl (C=O) groups excluding carboxylic acids is 2. The molecule has 192 valence electrons. The normalized spacial score (nSPS) is 24.8. The number of amides is 2. The number of alkyl halides is 6. The summed E-state index contributed by atoms with van der Waals surface area (Å²) in [6.07, 6.45) is -13.1. The molecule has 0 aliphatic carbocycles. The number of nitrogens with one attached hydrogen (secondary N) is 2. The van der Waals surface area contributed by atoms with Crippen LogP contribution in [0.4, 0.5) is 26.3 Å². The zero-order valence-corrected chi connectivity index (χ0v) is 20.0. The standard InChI is InChI=1S/C19H30F6N2O5Si/c1-7-8-30-13-9-11(27-16(29)19(23,24)25)14(32-33(5,6)17(2,3)4)12(31-13)10-26-15(28)18(20,21)22/h7,11-14H,1,8-10H2,2-6H3,(H,26,28)(H,27,29)/t11-,12-,13+,14+/m1/s1. The predicted molar refractivity (Wildman–Crippen MR) is 109 cm³/mol. The van der Waals surface area contributed by atoms with E-state index in [9.17, 15) is 35.9 Å². The van der Waals surface area contributed by atoms with Crippen LogP contribution >= 0.6 is 0 Å². The average Bonchev–Trinajstić information content (AvgIpc) is 2.63. The molecular formula is C19H30F6N2O5Si. The van der Waals surface area contributed by atoms with Crippen molar-refractivity contribution in [2.45, 2.75) is 82.2 Å². The van der Waals surface area contributed by atoms with Gasteiger partial charge in [-0.05, 0) is 18.1 Å². The van der Waals surface area contributed by atoms with Crippen molar-refractivity contribution in [3.63, 3.8) is 0 Å². The molecule has 7 nitrogen and oxygen atoms in total. The lowest BCUT2D eigenvalue weighted by Gasteiger charge is -2.47. The molecule has 33 heavy (non-hydrogen) atoms. The molecule has 1 saturated heterocycles. The van der Waals surface area contributed by atoms with E-state index in [4.69, 9.17) is 13.9 Å².